The number of esters is 2. The molecule has 0 saturated heterocycles. The average molecular weight is 435 g/mol. The number of hydrogen-bond donors (Lipinski definition) is 1. The normalized spacial score (nSPS) is 12.3. The maximum absolute atomic E-state index is 12.1. The largest absolute Gasteiger partial charge is 0.464 e. The molecule has 0 spiro atoms. The van der Waals surface area contributed by atoms with Crippen molar-refractivity contribution in [3.8, 4) is 0 Å². The molecule has 1 rings (SSSR count). The molecule has 1 aromatic rings. The number of benzene rings is 1. The van der Waals surface area contributed by atoms with Gasteiger partial charge >= 0.3 is 11.9 Å². The van der Waals surface area contributed by atoms with Gasteiger partial charge in [-0.3, -0.25) is 14.4 Å². The average Bonchev–Trinajstić information content (AvgIpc) is 2.67. The molecule has 8 nitrogen and oxygen atoms in total. The van der Waals surface area contributed by atoms with Crippen LogP contribution in [0.3, 0.4) is 0 Å². The summed E-state index contributed by atoms with van der Waals surface area (Å²) in [6.45, 7) is 12.6. The number of carbonyl (C=O) groups excluding carboxylic acids is 3. The summed E-state index contributed by atoms with van der Waals surface area (Å²) in [6.07, 6.45) is 0.524. The summed E-state index contributed by atoms with van der Waals surface area (Å²) in [5.41, 5.74) is 2.81. The van der Waals surface area contributed by atoms with Crippen molar-refractivity contribution in [2.75, 3.05) is 13.2 Å². The minimum absolute atomic E-state index is 0.0506. The van der Waals surface area contributed by atoms with E-state index in [0.717, 1.165) is 16.7 Å². The lowest BCUT2D eigenvalue weighted by molar-refractivity contribution is -0.149. The van der Waals surface area contributed by atoms with Crippen LogP contribution in [0.15, 0.2) is 17.3 Å². The molecule has 1 atom stereocenters. The molecule has 0 aliphatic carbocycles. The molecule has 8 heteroatoms. The molecule has 0 aromatic heterocycles. The van der Waals surface area contributed by atoms with Crippen molar-refractivity contribution < 1.29 is 23.9 Å². The van der Waals surface area contributed by atoms with E-state index in [1.54, 1.807) is 6.92 Å². The zero-order valence-corrected chi connectivity index (χ0v) is 19.5. The summed E-state index contributed by atoms with van der Waals surface area (Å²) in [7, 11) is 0. The van der Waals surface area contributed by atoms with Gasteiger partial charge in [-0.05, 0) is 46.5 Å². The summed E-state index contributed by atoms with van der Waals surface area (Å²) in [6, 6.07) is 3.44. The lowest BCUT2D eigenvalue weighted by Gasteiger charge is -2.24. The Labute approximate surface area is 184 Å². The minimum Gasteiger partial charge on any atom is -0.464 e. The highest BCUT2D eigenvalue weighted by Gasteiger charge is 2.23. The number of amides is 1. The number of ether oxygens (including phenoxy) is 2. The van der Waals surface area contributed by atoms with E-state index in [9.17, 15) is 19.3 Å². The van der Waals surface area contributed by atoms with Crippen molar-refractivity contribution in [2.24, 2.45) is 5.18 Å². The Morgan fingerprint density at radius 2 is 1.74 bits per heavy atom. The fourth-order valence-corrected chi connectivity index (χ4v) is 3.04. The van der Waals surface area contributed by atoms with Gasteiger partial charge in [-0.25, -0.2) is 0 Å². The van der Waals surface area contributed by atoms with Gasteiger partial charge < -0.3 is 14.8 Å². The van der Waals surface area contributed by atoms with Crippen LogP contribution in [0.2, 0.25) is 0 Å². The highest BCUT2D eigenvalue weighted by Crippen LogP contribution is 2.38. The van der Waals surface area contributed by atoms with Crippen LogP contribution in [0.4, 0.5) is 5.69 Å². The zero-order valence-electron chi connectivity index (χ0n) is 19.5. The van der Waals surface area contributed by atoms with Crippen molar-refractivity contribution in [1.29, 1.82) is 0 Å². The molecule has 0 radical (unpaired) electrons. The third kappa shape index (κ3) is 8.86. The number of aryl methyl sites for hydroxylation is 1. The Morgan fingerprint density at radius 1 is 1.10 bits per heavy atom. The Hall–Kier alpha value is -2.77. The Kier molecular flexibility index (Phi) is 9.81. The van der Waals surface area contributed by atoms with Crippen molar-refractivity contribution in [1.82, 2.24) is 5.32 Å². The van der Waals surface area contributed by atoms with E-state index in [1.165, 1.54) is 6.92 Å². The van der Waals surface area contributed by atoms with Gasteiger partial charge in [-0.2, -0.15) is 0 Å². The van der Waals surface area contributed by atoms with E-state index >= 15 is 0 Å². The third-order valence-corrected chi connectivity index (χ3v) is 4.65. The predicted octanol–water partition coefficient (Wildman–Crippen LogP) is 4.05. The summed E-state index contributed by atoms with van der Waals surface area (Å²) in [4.78, 5) is 46.2. The number of nitroso groups, excluding NO2 is 1. The Morgan fingerprint density at radius 3 is 2.26 bits per heavy atom. The van der Waals surface area contributed by atoms with Gasteiger partial charge in [-0.15, -0.1) is 4.91 Å². The molecule has 1 amide bonds. The number of rotatable bonds is 10. The summed E-state index contributed by atoms with van der Waals surface area (Å²) in [5.74, 6) is -1.28. The fourth-order valence-electron chi connectivity index (χ4n) is 3.04. The van der Waals surface area contributed by atoms with Crippen molar-refractivity contribution >= 4 is 23.5 Å². The third-order valence-electron chi connectivity index (χ3n) is 4.65. The highest BCUT2D eigenvalue weighted by atomic mass is 16.5. The lowest BCUT2D eigenvalue weighted by atomic mass is 9.81. The second-order valence-corrected chi connectivity index (χ2v) is 9.01. The van der Waals surface area contributed by atoms with Gasteiger partial charge in [0.1, 0.15) is 12.3 Å². The smallest absolute Gasteiger partial charge is 0.306 e. The molecule has 0 heterocycles. The maximum atomic E-state index is 12.1. The van der Waals surface area contributed by atoms with Crippen molar-refractivity contribution in [3.63, 3.8) is 0 Å². The second-order valence-electron chi connectivity index (χ2n) is 9.01. The first-order chi connectivity index (χ1) is 14.3. The van der Waals surface area contributed by atoms with Gasteiger partial charge in [0, 0.05) is 13.3 Å². The SMILES string of the molecule is CC(=O)OCC(C)NC(=O)COC(=O)CCc1cc(C(C)C)c(N=O)c(C(C)(C)C)c1. The van der Waals surface area contributed by atoms with Crippen LogP contribution < -0.4 is 5.32 Å². The first kappa shape index (κ1) is 26.3. The predicted molar refractivity (Wildman–Crippen MR) is 118 cm³/mol. The topological polar surface area (TPSA) is 111 Å². The van der Waals surface area contributed by atoms with E-state index in [0.29, 0.717) is 12.1 Å². The molecule has 0 saturated carbocycles. The van der Waals surface area contributed by atoms with Crippen LogP contribution >= 0.6 is 0 Å². The van der Waals surface area contributed by atoms with Crippen molar-refractivity contribution in [2.45, 2.75) is 78.7 Å². The molecule has 1 N–H and O–H groups in total. The van der Waals surface area contributed by atoms with E-state index in [-0.39, 0.29) is 30.4 Å². The van der Waals surface area contributed by atoms with Crippen molar-refractivity contribution in [3.05, 3.63) is 33.7 Å². The molecule has 0 aliphatic rings. The van der Waals surface area contributed by atoms with Crippen LogP contribution in [-0.4, -0.2) is 37.1 Å². The molecule has 1 aromatic carbocycles. The number of carbonyl (C=O) groups is 3. The second kappa shape index (κ2) is 11.6. The number of hydrogen-bond acceptors (Lipinski definition) is 7. The molecule has 0 fully saturated rings. The van der Waals surface area contributed by atoms with Gasteiger partial charge in [0.2, 0.25) is 0 Å². The maximum Gasteiger partial charge on any atom is 0.306 e. The molecule has 31 heavy (non-hydrogen) atoms. The van der Waals surface area contributed by atoms with E-state index in [4.69, 9.17) is 9.47 Å². The van der Waals surface area contributed by atoms with E-state index < -0.39 is 24.5 Å². The fraction of sp³-hybridized carbons (Fsp3) is 0.609. The number of nitrogens with one attached hydrogen (secondary N) is 1. The van der Waals surface area contributed by atoms with Crippen LogP contribution in [0.1, 0.15) is 77.5 Å². The number of nitrogens with zero attached hydrogens (tertiary/aromatic N) is 1. The molecular weight excluding hydrogens is 400 g/mol. The summed E-state index contributed by atoms with van der Waals surface area (Å²) >= 11 is 0. The Bertz CT molecular complexity index is 811. The standard InChI is InChI=1S/C23H34N2O6/c1-14(2)18-10-17(11-19(22(18)25-29)23(5,6)7)8-9-21(28)31-13-20(27)24-15(3)12-30-16(4)26/h10-11,14-15H,8-9,12-13H2,1-7H3,(H,24,27). The first-order valence-corrected chi connectivity index (χ1v) is 10.4. The quantitative estimate of drug-likeness (QED) is 0.439. The molecule has 1 unspecified atom stereocenters. The van der Waals surface area contributed by atoms with Gasteiger partial charge in [0.05, 0.1) is 6.04 Å². The van der Waals surface area contributed by atoms with Crippen LogP contribution in [0.25, 0.3) is 0 Å². The van der Waals surface area contributed by atoms with Crippen LogP contribution in [0, 0.1) is 4.91 Å². The van der Waals surface area contributed by atoms with Gasteiger partial charge in [-0.1, -0.05) is 46.8 Å². The van der Waals surface area contributed by atoms with Crippen LogP contribution in [0.5, 0.6) is 0 Å². The molecule has 0 bridgehead atoms. The van der Waals surface area contributed by atoms with E-state index in [2.05, 4.69) is 10.5 Å². The molecular formula is C23H34N2O6. The lowest BCUT2D eigenvalue weighted by Crippen LogP contribution is -2.38. The zero-order chi connectivity index (χ0) is 23.8. The minimum atomic E-state index is -0.496. The van der Waals surface area contributed by atoms with Gasteiger partial charge in [0.25, 0.3) is 5.91 Å². The highest BCUT2D eigenvalue weighted by molar-refractivity contribution is 5.80. The summed E-state index contributed by atoms with van der Waals surface area (Å²) < 4.78 is 9.85. The summed E-state index contributed by atoms with van der Waals surface area (Å²) in [5, 5.41) is 5.86. The van der Waals surface area contributed by atoms with Crippen LogP contribution in [-0.2, 0) is 35.7 Å². The molecule has 172 valence electrons. The Balaban J connectivity index is 2.71. The van der Waals surface area contributed by atoms with Gasteiger partial charge in [0.15, 0.2) is 6.61 Å². The monoisotopic (exact) mass is 434 g/mol. The first-order valence-electron chi connectivity index (χ1n) is 10.4. The van der Waals surface area contributed by atoms with E-state index in [1.807, 2.05) is 46.8 Å². The molecule has 0 aliphatic heterocycles.